The first-order chi connectivity index (χ1) is 14.3. The van der Waals surface area contributed by atoms with Crippen LogP contribution in [0.5, 0.6) is 11.5 Å². The zero-order valence-electron chi connectivity index (χ0n) is 20.0. The van der Waals surface area contributed by atoms with Crippen molar-refractivity contribution in [3.05, 3.63) is 59.7 Å². The van der Waals surface area contributed by atoms with Gasteiger partial charge in [-0.1, -0.05) is 65.8 Å². The van der Waals surface area contributed by atoms with Gasteiger partial charge in [0, 0.05) is 0 Å². The van der Waals surface area contributed by atoms with E-state index in [1.165, 1.54) is 24.0 Å². The lowest BCUT2D eigenvalue weighted by Crippen LogP contribution is -2.19. The highest BCUT2D eigenvalue weighted by molar-refractivity contribution is 5.29. The third-order valence-electron chi connectivity index (χ3n) is 5.38. The third kappa shape index (κ3) is 9.67. The van der Waals surface area contributed by atoms with Crippen LogP contribution < -0.4 is 4.74 Å². The summed E-state index contributed by atoms with van der Waals surface area (Å²) in [5, 5.41) is 9.01. The highest BCUT2D eigenvalue weighted by atomic mass is 16.7. The molecule has 2 aromatic carbocycles. The third-order valence-corrected chi connectivity index (χ3v) is 5.38. The number of rotatable bonds is 10. The molecule has 0 aliphatic heterocycles. The Bertz CT molecular complexity index is 672. The minimum absolute atomic E-state index is 0.193. The van der Waals surface area contributed by atoms with Gasteiger partial charge in [-0.15, -0.1) is 0 Å². The molecule has 0 bridgehead atoms. The summed E-state index contributed by atoms with van der Waals surface area (Å²) < 4.78 is 11.3. The molecular weight excluding hydrogens is 372 g/mol. The van der Waals surface area contributed by atoms with Crippen molar-refractivity contribution in [1.29, 1.82) is 0 Å². The van der Waals surface area contributed by atoms with Crippen molar-refractivity contribution in [3.63, 3.8) is 0 Å². The minimum atomic E-state index is -0.193. The number of aromatic hydroxyl groups is 1. The Morgan fingerprint density at radius 3 is 1.73 bits per heavy atom. The van der Waals surface area contributed by atoms with Gasteiger partial charge in [-0.25, -0.2) is 0 Å². The summed E-state index contributed by atoms with van der Waals surface area (Å²) in [6.07, 6.45) is 3.32. The summed E-state index contributed by atoms with van der Waals surface area (Å²) in [6, 6.07) is 15.9. The molecule has 2 aromatic rings. The molecule has 30 heavy (non-hydrogen) atoms. The van der Waals surface area contributed by atoms with E-state index in [0.717, 1.165) is 18.8 Å². The van der Waals surface area contributed by atoms with Gasteiger partial charge in [0.05, 0.1) is 6.61 Å². The van der Waals surface area contributed by atoms with Crippen molar-refractivity contribution < 1.29 is 14.6 Å². The molecule has 0 fully saturated rings. The predicted octanol–water partition coefficient (Wildman–Crippen LogP) is 7.89. The first-order valence-corrected chi connectivity index (χ1v) is 11.5. The van der Waals surface area contributed by atoms with Crippen molar-refractivity contribution in [3.8, 4) is 11.5 Å². The van der Waals surface area contributed by atoms with Gasteiger partial charge in [-0.05, 0) is 79.3 Å². The number of phenolic OH excluding ortho intramolecular Hbond substituents is 1. The Balaban J connectivity index is 0.000000346. The van der Waals surface area contributed by atoms with E-state index in [1.54, 1.807) is 12.1 Å². The topological polar surface area (TPSA) is 38.7 Å². The van der Waals surface area contributed by atoms with Gasteiger partial charge in [0.25, 0.3) is 0 Å². The van der Waals surface area contributed by atoms with Crippen LogP contribution in [0.15, 0.2) is 48.5 Å². The second-order valence-corrected chi connectivity index (χ2v) is 8.40. The summed E-state index contributed by atoms with van der Waals surface area (Å²) >= 11 is 0. The zero-order chi connectivity index (χ0) is 22.5. The van der Waals surface area contributed by atoms with Crippen molar-refractivity contribution in [1.82, 2.24) is 0 Å². The van der Waals surface area contributed by atoms with E-state index < -0.39 is 0 Å². The van der Waals surface area contributed by atoms with E-state index in [4.69, 9.17) is 14.6 Å². The standard InChI is InChI=1S/C17H28O2.C10H14O/c1-6-15(7-2)16-8-10-17(11-9-16)19-14(5)18-12-13(3)4;1-3-8(2)9-4-6-10(11)7-5-9/h8-11,13-15H,6-7,12H2,1-5H3;4-8,11H,3H2,1-2H3. The van der Waals surface area contributed by atoms with Gasteiger partial charge >= 0.3 is 0 Å². The number of ether oxygens (including phenoxy) is 2. The summed E-state index contributed by atoms with van der Waals surface area (Å²) in [5.74, 6) is 3.01. The number of hydrogen-bond acceptors (Lipinski definition) is 3. The molecule has 0 aliphatic carbocycles. The maximum atomic E-state index is 9.01. The Hall–Kier alpha value is -2.00. The van der Waals surface area contributed by atoms with E-state index in [1.807, 2.05) is 31.2 Å². The first kappa shape index (κ1) is 26.0. The van der Waals surface area contributed by atoms with Crippen LogP contribution in [-0.2, 0) is 4.74 Å². The van der Waals surface area contributed by atoms with Crippen LogP contribution in [0, 0.1) is 5.92 Å². The highest BCUT2D eigenvalue weighted by Gasteiger charge is 2.08. The second kappa shape index (κ2) is 14.1. The fraction of sp³-hybridized carbons (Fsp3) is 0.556. The largest absolute Gasteiger partial charge is 0.508 e. The van der Waals surface area contributed by atoms with Gasteiger partial charge in [0.2, 0.25) is 0 Å². The first-order valence-electron chi connectivity index (χ1n) is 11.5. The fourth-order valence-electron chi connectivity index (χ4n) is 3.17. The second-order valence-electron chi connectivity index (χ2n) is 8.40. The summed E-state index contributed by atoms with van der Waals surface area (Å²) in [7, 11) is 0. The highest BCUT2D eigenvalue weighted by Crippen LogP contribution is 2.25. The van der Waals surface area contributed by atoms with E-state index in [-0.39, 0.29) is 6.29 Å². The van der Waals surface area contributed by atoms with Crippen molar-refractivity contribution in [2.24, 2.45) is 5.92 Å². The van der Waals surface area contributed by atoms with E-state index >= 15 is 0 Å². The van der Waals surface area contributed by atoms with Crippen LogP contribution in [0.3, 0.4) is 0 Å². The molecule has 3 nitrogen and oxygen atoms in total. The monoisotopic (exact) mass is 414 g/mol. The molecule has 0 aromatic heterocycles. The fourth-order valence-corrected chi connectivity index (χ4v) is 3.17. The quantitative estimate of drug-likeness (QED) is 0.402. The predicted molar refractivity (Wildman–Crippen MR) is 127 cm³/mol. The average molecular weight is 415 g/mol. The SMILES string of the molecule is CCC(C)c1ccc(O)cc1.CCC(CC)c1ccc(OC(C)OCC(C)C)cc1. The van der Waals surface area contributed by atoms with Gasteiger partial charge < -0.3 is 14.6 Å². The van der Waals surface area contributed by atoms with Crippen LogP contribution in [0.1, 0.15) is 90.7 Å². The number of benzene rings is 2. The molecular formula is C27H42O3. The maximum Gasteiger partial charge on any atom is 0.196 e. The zero-order valence-corrected chi connectivity index (χ0v) is 20.0. The molecule has 0 amide bonds. The van der Waals surface area contributed by atoms with Crippen molar-refractivity contribution >= 4 is 0 Å². The van der Waals surface area contributed by atoms with E-state index in [9.17, 15) is 0 Å². The Labute approximate surface area is 184 Å². The van der Waals surface area contributed by atoms with Gasteiger partial charge in [-0.2, -0.15) is 0 Å². The van der Waals surface area contributed by atoms with E-state index in [0.29, 0.717) is 23.5 Å². The van der Waals surface area contributed by atoms with Crippen LogP contribution >= 0.6 is 0 Å². The van der Waals surface area contributed by atoms with Crippen LogP contribution in [-0.4, -0.2) is 18.0 Å². The Morgan fingerprint density at radius 2 is 1.27 bits per heavy atom. The molecule has 0 radical (unpaired) electrons. The molecule has 0 spiro atoms. The molecule has 0 aliphatic rings. The van der Waals surface area contributed by atoms with E-state index in [2.05, 4.69) is 53.7 Å². The Kier molecular flexibility index (Phi) is 12.2. The molecule has 0 saturated carbocycles. The van der Waals surface area contributed by atoms with Gasteiger partial charge in [-0.3, -0.25) is 0 Å². The lowest BCUT2D eigenvalue weighted by atomic mass is 9.94. The summed E-state index contributed by atoms with van der Waals surface area (Å²) in [4.78, 5) is 0. The van der Waals surface area contributed by atoms with Crippen LogP contribution in [0.4, 0.5) is 0 Å². The van der Waals surface area contributed by atoms with Crippen LogP contribution in [0.25, 0.3) is 0 Å². The average Bonchev–Trinajstić information content (AvgIpc) is 2.75. The molecule has 1 N–H and O–H groups in total. The number of phenols is 1. The van der Waals surface area contributed by atoms with Crippen molar-refractivity contribution in [2.45, 2.75) is 85.9 Å². The van der Waals surface area contributed by atoms with Gasteiger partial charge in [0.1, 0.15) is 11.5 Å². The maximum absolute atomic E-state index is 9.01. The molecule has 2 rings (SSSR count). The summed E-state index contributed by atoms with van der Waals surface area (Å²) in [5.41, 5.74) is 2.69. The molecule has 168 valence electrons. The lowest BCUT2D eigenvalue weighted by molar-refractivity contribution is -0.0755. The minimum Gasteiger partial charge on any atom is -0.508 e. The van der Waals surface area contributed by atoms with Crippen LogP contribution in [0.2, 0.25) is 0 Å². The molecule has 0 saturated heterocycles. The molecule has 2 unspecified atom stereocenters. The smallest absolute Gasteiger partial charge is 0.196 e. The normalized spacial score (nSPS) is 13.0. The summed E-state index contributed by atoms with van der Waals surface area (Å²) in [6.45, 7) is 15.8. The number of hydrogen-bond donors (Lipinski definition) is 1. The van der Waals surface area contributed by atoms with Gasteiger partial charge in [0.15, 0.2) is 6.29 Å². The molecule has 3 heteroatoms. The lowest BCUT2D eigenvalue weighted by Gasteiger charge is -2.18. The molecule has 0 heterocycles. The Morgan fingerprint density at radius 1 is 0.733 bits per heavy atom. The molecule has 2 atom stereocenters. The van der Waals surface area contributed by atoms with Crippen molar-refractivity contribution in [2.75, 3.05) is 6.61 Å².